The summed E-state index contributed by atoms with van der Waals surface area (Å²) >= 11 is 0. The van der Waals surface area contributed by atoms with Gasteiger partial charge in [-0.25, -0.2) is 0 Å². The van der Waals surface area contributed by atoms with Crippen molar-refractivity contribution in [2.45, 2.75) is 25.7 Å². The van der Waals surface area contributed by atoms with Crippen LogP contribution in [0.25, 0.3) is 0 Å². The highest BCUT2D eigenvalue weighted by molar-refractivity contribution is 7.09. The van der Waals surface area contributed by atoms with Crippen molar-refractivity contribution in [1.29, 1.82) is 0 Å². The van der Waals surface area contributed by atoms with Gasteiger partial charge in [-0.05, 0) is 16.4 Å². The van der Waals surface area contributed by atoms with E-state index in [9.17, 15) is 0 Å². The summed E-state index contributed by atoms with van der Waals surface area (Å²) < 4.78 is 0. The van der Waals surface area contributed by atoms with Gasteiger partial charge in [-0.15, -0.1) is 6.58 Å². The normalized spacial score (nSPS) is 12.5. The topological polar surface area (TPSA) is 0 Å². The molecule has 0 amide bonds. The zero-order valence-corrected chi connectivity index (χ0v) is 15.9. The summed E-state index contributed by atoms with van der Waals surface area (Å²) in [6.07, 6.45) is 2.42. The first-order valence-corrected chi connectivity index (χ1v) is 13.8. The van der Waals surface area contributed by atoms with E-state index < -0.39 is 16.1 Å². The second-order valence-corrected chi connectivity index (χ2v) is 16.1. The molecule has 0 N–H and O–H groups in total. The molecule has 2 aromatic rings. The van der Waals surface area contributed by atoms with E-state index in [4.69, 9.17) is 0 Å². The molecule has 0 radical (unpaired) electrons. The highest BCUT2D eigenvalue weighted by Crippen LogP contribution is 2.13. The van der Waals surface area contributed by atoms with E-state index in [-0.39, 0.29) is 0 Å². The minimum atomic E-state index is -2.02. The molecule has 0 spiro atoms. The third-order valence-electron chi connectivity index (χ3n) is 3.94. The van der Waals surface area contributed by atoms with Crippen LogP contribution in [0, 0.1) is 0 Å². The fourth-order valence-corrected chi connectivity index (χ4v) is 7.05. The molecular weight excluding hydrogens is 296 g/mol. The SMILES string of the molecule is C=C[Si](C=CC[Si](C)(C)C)(c1ccccc1)c1ccccc1. The lowest BCUT2D eigenvalue weighted by Gasteiger charge is -2.26. The smallest absolute Gasteiger partial charge is 0.106 e. The van der Waals surface area contributed by atoms with Crippen molar-refractivity contribution in [1.82, 2.24) is 0 Å². The molecule has 0 nitrogen and oxygen atoms in total. The molecule has 0 fully saturated rings. The summed E-state index contributed by atoms with van der Waals surface area (Å²) in [5.41, 5.74) is 4.68. The van der Waals surface area contributed by atoms with Crippen LogP contribution in [0.1, 0.15) is 0 Å². The van der Waals surface area contributed by atoms with Crippen molar-refractivity contribution in [3.63, 3.8) is 0 Å². The van der Waals surface area contributed by atoms with Crippen molar-refractivity contribution >= 4 is 26.5 Å². The van der Waals surface area contributed by atoms with Gasteiger partial charge in [0, 0.05) is 8.07 Å². The Kier molecular flexibility index (Phi) is 5.38. The first kappa shape index (κ1) is 16.7. The third-order valence-corrected chi connectivity index (χ3v) is 9.38. The van der Waals surface area contributed by atoms with E-state index >= 15 is 0 Å². The molecule has 0 unspecified atom stereocenters. The summed E-state index contributed by atoms with van der Waals surface area (Å²) in [6, 6.07) is 22.9. The number of hydrogen-bond donors (Lipinski definition) is 0. The molecule has 2 heteroatoms. The van der Waals surface area contributed by atoms with Gasteiger partial charge in [-0.2, -0.15) is 0 Å². The zero-order chi connectivity index (χ0) is 16.1. The maximum atomic E-state index is 4.22. The molecule has 0 aliphatic carbocycles. The Balaban J connectivity index is 2.51. The number of rotatable bonds is 6. The molecule has 114 valence electrons. The third kappa shape index (κ3) is 3.96. The Hall–Kier alpha value is -1.65. The van der Waals surface area contributed by atoms with Gasteiger partial charge in [0.25, 0.3) is 0 Å². The fraction of sp³-hybridized carbons (Fsp3) is 0.200. The van der Waals surface area contributed by atoms with Crippen LogP contribution in [-0.2, 0) is 0 Å². The van der Waals surface area contributed by atoms with E-state index in [2.05, 4.69) is 104 Å². The molecule has 0 aromatic heterocycles. The van der Waals surface area contributed by atoms with E-state index in [1.54, 1.807) is 0 Å². The van der Waals surface area contributed by atoms with Gasteiger partial charge in [-0.1, -0.05) is 97.8 Å². The van der Waals surface area contributed by atoms with Crippen LogP contribution in [0.5, 0.6) is 0 Å². The summed E-state index contributed by atoms with van der Waals surface area (Å²) in [7, 11) is -3.09. The van der Waals surface area contributed by atoms with Crippen molar-refractivity contribution < 1.29 is 0 Å². The van der Waals surface area contributed by atoms with E-state index in [1.165, 1.54) is 16.4 Å². The number of benzene rings is 2. The lowest BCUT2D eigenvalue weighted by atomic mass is 10.4. The van der Waals surface area contributed by atoms with Gasteiger partial charge in [0.1, 0.15) is 0 Å². The van der Waals surface area contributed by atoms with Crippen LogP contribution in [0.15, 0.2) is 84.7 Å². The van der Waals surface area contributed by atoms with Crippen molar-refractivity contribution in [3.8, 4) is 0 Å². The zero-order valence-electron chi connectivity index (χ0n) is 13.9. The quantitative estimate of drug-likeness (QED) is 0.691. The lowest BCUT2D eigenvalue weighted by molar-refractivity contribution is 1.51. The Labute approximate surface area is 137 Å². The second kappa shape index (κ2) is 7.08. The van der Waals surface area contributed by atoms with Crippen LogP contribution in [0.4, 0.5) is 0 Å². The summed E-state index contributed by atoms with van der Waals surface area (Å²) in [4.78, 5) is 0. The lowest BCUT2D eigenvalue weighted by Crippen LogP contribution is -2.55. The monoisotopic (exact) mass is 322 g/mol. The standard InChI is InChI=1S/C20H26Si2/c1-5-22(18-12-17-21(2,3)4,19-13-8-6-9-14-19)20-15-10-7-11-16-20/h5-16,18H,1,17H2,2-4H3. The summed E-state index contributed by atoms with van der Waals surface area (Å²) in [5, 5.41) is 2.81. The molecular formula is C20H26Si2. The van der Waals surface area contributed by atoms with Gasteiger partial charge in [0.2, 0.25) is 0 Å². The Bertz CT molecular complexity index is 582. The summed E-state index contributed by atoms with van der Waals surface area (Å²) in [5.74, 6) is 0. The molecule has 0 aliphatic heterocycles. The first-order valence-electron chi connectivity index (χ1n) is 7.90. The van der Waals surface area contributed by atoms with Crippen molar-refractivity contribution in [2.24, 2.45) is 0 Å². The molecule has 2 rings (SSSR count). The molecule has 0 saturated carbocycles. The highest BCUT2D eigenvalue weighted by Gasteiger charge is 2.31. The van der Waals surface area contributed by atoms with Gasteiger partial charge < -0.3 is 0 Å². The van der Waals surface area contributed by atoms with Crippen LogP contribution in [0.2, 0.25) is 25.7 Å². The largest absolute Gasteiger partial charge is 0.164 e. The first-order chi connectivity index (χ1) is 10.5. The average Bonchev–Trinajstić information content (AvgIpc) is 2.52. The minimum absolute atomic E-state index is 1.07. The van der Waals surface area contributed by atoms with Gasteiger partial charge >= 0.3 is 0 Å². The van der Waals surface area contributed by atoms with Gasteiger partial charge in [0.15, 0.2) is 8.07 Å². The van der Waals surface area contributed by atoms with Crippen LogP contribution in [-0.4, -0.2) is 16.1 Å². The molecule has 0 heterocycles. The van der Waals surface area contributed by atoms with Crippen LogP contribution in [0.3, 0.4) is 0 Å². The van der Waals surface area contributed by atoms with E-state index in [0.717, 1.165) is 0 Å². The highest BCUT2D eigenvalue weighted by atomic mass is 28.3. The molecule has 0 atom stereocenters. The van der Waals surface area contributed by atoms with E-state index in [1.807, 2.05) is 0 Å². The molecule has 0 aliphatic rings. The predicted molar refractivity (Wildman–Crippen MR) is 105 cm³/mol. The van der Waals surface area contributed by atoms with E-state index in [0.29, 0.717) is 0 Å². The molecule has 22 heavy (non-hydrogen) atoms. The van der Waals surface area contributed by atoms with Gasteiger partial charge in [0.05, 0.1) is 0 Å². The number of hydrogen-bond acceptors (Lipinski definition) is 0. The maximum absolute atomic E-state index is 4.22. The Morgan fingerprint density at radius 2 is 1.27 bits per heavy atom. The summed E-state index contributed by atoms with van der Waals surface area (Å²) in [6.45, 7) is 11.5. The number of allylic oxidation sites excluding steroid dienone is 1. The second-order valence-electron chi connectivity index (χ2n) is 6.97. The Morgan fingerprint density at radius 1 is 0.818 bits per heavy atom. The van der Waals surface area contributed by atoms with Crippen molar-refractivity contribution in [3.05, 3.63) is 84.7 Å². The maximum Gasteiger partial charge on any atom is 0.164 e. The molecule has 0 saturated heterocycles. The molecule has 0 bridgehead atoms. The minimum Gasteiger partial charge on any atom is -0.106 e. The fourth-order valence-electron chi connectivity index (χ4n) is 2.69. The predicted octanol–water partition coefficient (Wildman–Crippen LogP) is 4.41. The van der Waals surface area contributed by atoms with Gasteiger partial charge in [-0.3, -0.25) is 0 Å². The average molecular weight is 323 g/mol. The molecule has 2 aromatic carbocycles. The van der Waals surface area contributed by atoms with Crippen molar-refractivity contribution in [2.75, 3.05) is 0 Å². The van der Waals surface area contributed by atoms with Crippen LogP contribution >= 0.6 is 0 Å². The van der Waals surface area contributed by atoms with Crippen LogP contribution < -0.4 is 10.4 Å². The Morgan fingerprint density at radius 3 is 1.64 bits per heavy atom.